The molecule has 3 nitrogen and oxygen atoms in total. The second-order valence-electron chi connectivity index (χ2n) is 6.39. The van der Waals surface area contributed by atoms with Gasteiger partial charge in [-0.25, -0.2) is 0 Å². The maximum atomic E-state index is 12.9. The van der Waals surface area contributed by atoms with E-state index in [9.17, 15) is 4.79 Å². The number of rotatable bonds is 4. The fourth-order valence-electron chi connectivity index (χ4n) is 3.52. The van der Waals surface area contributed by atoms with E-state index < -0.39 is 0 Å². The molecule has 2 aromatic carbocycles. The van der Waals surface area contributed by atoms with Crippen LogP contribution >= 0.6 is 0 Å². The number of fused-ring (bicyclic) bond motifs is 2. The molecule has 122 valence electrons. The first-order valence-electron chi connectivity index (χ1n) is 8.68. The highest BCUT2D eigenvalue weighted by Crippen LogP contribution is 2.34. The summed E-state index contributed by atoms with van der Waals surface area (Å²) in [4.78, 5) is 12.9. The first-order chi connectivity index (χ1) is 11.8. The predicted octanol–water partition coefficient (Wildman–Crippen LogP) is 4.48. The quantitative estimate of drug-likeness (QED) is 0.710. The number of benzene rings is 2. The standard InChI is InChI=1S/C21H21NO2/c1-2-3-11-16-14-18-20(23)17-12-7-8-13-19(17)22(21(18)24-16)15-9-5-4-6-10-15/h4-10,12-13,16H,2-3,11,14H2,1H3. The topological polar surface area (TPSA) is 31.2 Å². The summed E-state index contributed by atoms with van der Waals surface area (Å²) in [6.07, 6.45) is 4.08. The minimum atomic E-state index is 0.111. The molecule has 1 aromatic heterocycles. The molecule has 3 aromatic rings. The van der Waals surface area contributed by atoms with Crippen molar-refractivity contribution in [1.29, 1.82) is 0 Å². The van der Waals surface area contributed by atoms with E-state index in [1.54, 1.807) is 0 Å². The largest absolute Gasteiger partial charge is 0.475 e. The molecule has 2 heterocycles. The Bertz CT molecular complexity index is 928. The molecule has 1 aliphatic rings. The summed E-state index contributed by atoms with van der Waals surface area (Å²) in [5, 5.41) is 0.764. The molecule has 0 bridgehead atoms. The normalized spacial score (nSPS) is 16.1. The highest BCUT2D eigenvalue weighted by molar-refractivity contribution is 5.83. The Balaban J connectivity index is 1.95. The first kappa shape index (κ1) is 15.0. The second-order valence-corrected chi connectivity index (χ2v) is 6.39. The molecule has 0 fully saturated rings. The van der Waals surface area contributed by atoms with Crippen molar-refractivity contribution < 1.29 is 4.74 Å². The van der Waals surface area contributed by atoms with E-state index in [1.165, 1.54) is 0 Å². The van der Waals surface area contributed by atoms with E-state index in [4.69, 9.17) is 4.74 Å². The number of pyridine rings is 1. The summed E-state index contributed by atoms with van der Waals surface area (Å²) in [6.45, 7) is 2.18. The summed E-state index contributed by atoms with van der Waals surface area (Å²) in [6, 6.07) is 17.9. The highest BCUT2D eigenvalue weighted by Gasteiger charge is 2.29. The van der Waals surface area contributed by atoms with Crippen molar-refractivity contribution in [1.82, 2.24) is 4.57 Å². The Labute approximate surface area is 141 Å². The summed E-state index contributed by atoms with van der Waals surface area (Å²) >= 11 is 0. The third-order valence-corrected chi connectivity index (χ3v) is 4.73. The van der Waals surface area contributed by atoms with Crippen LogP contribution in [0.5, 0.6) is 5.88 Å². The van der Waals surface area contributed by atoms with Crippen LogP contribution in [0.15, 0.2) is 59.4 Å². The molecule has 0 aliphatic carbocycles. The second kappa shape index (κ2) is 6.16. The van der Waals surface area contributed by atoms with E-state index in [-0.39, 0.29) is 11.5 Å². The van der Waals surface area contributed by atoms with Crippen LogP contribution in [0.25, 0.3) is 16.6 Å². The van der Waals surface area contributed by atoms with Gasteiger partial charge in [0, 0.05) is 17.5 Å². The lowest BCUT2D eigenvalue weighted by atomic mass is 10.0. The molecule has 0 saturated carbocycles. The van der Waals surface area contributed by atoms with E-state index in [0.29, 0.717) is 6.42 Å². The Hall–Kier alpha value is -2.55. The monoisotopic (exact) mass is 319 g/mol. The molecule has 1 atom stereocenters. The van der Waals surface area contributed by atoms with Crippen LogP contribution in [-0.4, -0.2) is 10.7 Å². The van der Waals surface area contributed by atoms with Crippen LogP contribution in [0.4, 0.5) is 0 Å². The maximum absolute atomic E-state index is 12.9. The molecule has 0 N–H and O–H groups in total. The average molecular weight is 319 g/mol. The van der Waals surface area contributed by atoms with Crippen molar-refractivity contribution in [2.75, 3.05) is 0 Å². The molecule has 1 unspecified atom stereocenters. The summed E-state index contributed by atoms with van der Waals surface area (Å²) < 4.78 is 8.34. The molecule has 0 spiro atoms. The number of unbranched alkanes of at least 4 members (excludes halogenated alkanes) is 1. The van der Waals surface area contributed by atoms with Gasteiger partial charge < -0.3 is 4.74 Å². The van der Waals surface area contributed by atoms with Gasteiger partial charge in [-0.05, 0) is 30.7 Å². The Morgan fingerprint density at radius 2 is 1.83 bits per heavy atom. The smallest absolute Gasteiger partial charge is 0.206 e. The van der Waals surface area contributed by atoms with Crippen LogP contribution in [0.2, 0.25) is 0 Å². The van der Waals surface area contributed by atoms with Crippen molar-refractivity contribution in [2.45, 2.75) is 38.7 Å². The Morgan fingerprint density at radius 1 is 1.08 bits per heavy atom. The molecule has 0 radical (unpaired) electrons. The van der Waals surface area contributed by atoms with Gasteiger partial charge in [0.25, 0.3) is 0 Å². The molecular formula is C21H21NO2. The molecule has 24 heavy (non-hydrogen) atoms. The lowest BCUT2D eigenvalue weighted by molar-refractivity contribution is 0.207. The zero-order chi connectivity index (χ0) is 16.5. The van der Waals surface area contributed by atoms with Crippen LogP contribution in [0.3, 0.4) is 0 Å². The van der Waals surface area contributed by atoms with Gasteiger partial charge in [0.2, 0.25) is 5.88 Å². The third-order valence-electron chi connectivity index (χ3n) is 4.73. The van der Waals surface area contributed by atoms with Crippen molar-refractivity contribution in [3.05, 3.63) is 70.4 Å². The Kier molecular flexibility index (Phi) is 3.85. The van der Waals surface area contributed by atoms with Gasteiger partial charge in [-0.1, -0.05) is 50.1 Å². The predicted molar refractivity (Wildman–Crippen MR) is 97.2 cm³/mol. The number of hydrogen-bond acceptors (Lipinski definition) is 2. The fourth-order valence-corrected chi connectivity index (χ4v) is 3.52. The van der Waals surface area contributed by atoms with Crippen LogP contribution < -0.4 is 10.2 Å². The molecule has 0 saturated heterocycles. The maximum Gasteiger partial charge on any atom is 0.206 e. The minimum absolute atomic E-state index is 0.111. The van der Waals surface area contributed by atoms with Gasteiger partial charge in [-0.2, -0.15) is 0 Å². The van der Waals surface area contributed by atoms with Gasteiger partial charge >= 0.3 is 0 Å². The van der Waals surface area contributed by atoms with Crippen LogP contribution in [0.1, 0.15) is 31.7 Å². The Morgan fingerprint density at radius 3 is 2.62 bits per heavy atom. The molecule has 3 heteroatoms. The van der Waals surface area contributed by atoms with Gasteiger partial charge in [0.15, 0.2) is 5.43 Å². The number of ether oxygens (including phenoxy) is 1. The van der Waals surface area contributed by atoms with Crippen LogP contribution in [0, 0.1) is 0 Å². The minimum Gasteiger partial charge on any atom is -0.475 e. The summed E-state index contributed by atoms with van der Waals surface area (Å²) in [5.41, 5.74) is 2.87. The molecule has 0 amide bonds. The number of nitrogens with zero attached hydrogens (tertiary/aromatic N) is 1. The van der Waals surface area contributed by atoms with Crippen molar-refractivity contribution in [3.8, 4) is 11.6 Å². The van der Waals surface area contributed by atoms with Gasteiger partial charge in [-0.3, -0.25) is 9.36 Å². The molecule has 4 rings (SSSR count). The molecule has 1 aliphatic heterocycles. The van der Waals surface area contributed by atoms with Gasteiger partial charge in [0.05, 0.1) is 11.1 Å². The highest BCUT2D eigenvalue weighted by atomic mass is 16.5. The number of hydrogen-bond donors (Lipinski definition) is 0. The van der Waals surface area contributed by atoms with Gasteiger partial charge in [0.1, 0.15) is 6.10 Å². The first-order valence-corrected chi connectivity index (χ1v) is 8.68. The van der Waals surface area contributed by atoms with Crippen molar-refractivity contribution in [2.24, 2.45) is 0 Å². The van der Waals surface area contributed by atoms with Crippen LogP contribution in [-0.2, 0) is 6.42 Å². The van der Waals surface area contributed by atoms with Crippen molar-refractivity contribution >= 4 is 10.9 Å². The van der Waals surface area contributed by atoms with Crippen molar-refractivity contribution in [3.63, 3.8) is 0 Å². The molecular weight excluding hydrogens is 298 g/mol. The van der Waals surface area contributed by atoms with E-state index in [0.717, 1.165) is 47.3 Å². The SMILES string of the molecule is CCCCC1Cc2c(n(-c3ccccc3)c3ccccc3c2=O)O1. The summed E-state index contributed by atoms with van der Waals surface area (Å²) in [5.74, 6) is 0.728. The zero-order valence-corrected chi connectivity index (χ0v) is 13.9. The van der Waals surface area contributed by atoms with E-state index in [1.807, 2.05) is 42.5 Å². The lowest BCUT2D eigenvalue weighted by Crippen LogP contribution is -2.13. The lowest BCUT2D eigenvalue weighted by Gasteiger charge is -2.17. The average Bonchev–Trinajstić information content (AvgIpc) is 3.05. The van der Waals surface area contributed by atoms with E-state index >= 15 is 0 Å². The number of aromatic nitrogens is 1. The summed E-state index contributed by atoms with van der Waals surface area (Å²) in [7, 11) is 0. The third kappa shape index (κ3) is 2.41. The fraction of sp³-hybridized carbons (Fsp3) is 0.286. The zero-order valence-electron chi connectivity index (χ0n) is 13.9. The number of para-hydroxylation sites is 2. The van der Waals surface area contributed by atoms with E-state index in [2.05, 4.69) is 23.6 Å². The van der Waals surface area contributed by atoms with Gasteiger partial charge in [-0.15, -0.1) is 0 Å².